The molecule has 2 aliphatic heterocycles. The zero-order valence-electron chi connectivity index (χ0n) is 37.1. The summed E-state index contributed by atoms with van der Waals surface area (Å²) in [4.78, 5) is 91.0. The van der Waals surface area contributed by atoms with Crippen LogP contribution in [0.4, 0.5) is 0 Å². The minimum Gasteiger partial charge on any atom is -0.390 e. The summed E-state index contributed by atoms with van der Waals surface area (Å²) in [6, 6.07) is -4.75. The van der Waals surface area contributed by atoms with E-state index in [1.165, 1.54) is 14.7 Å². The van der Waals surface area contributed by atoms with Gasteiger partial charge in [-0.25, -0.2) is 0 Å². The summed E-state index contributed by atoms with van der Waals surface area (Å²) < 4.78 is 0. The highest BCUT2D eigenvalue weighted by molar-refractivity contribution is 5.98. The standard InChI is InChI=1S/C43H76N6O7/c1-25(2)18-31-23-30(11)41(54)48(14)35(21-28(7)8)42(55)47(13)34(20-27(5)6)40(53)45-32(19-26(3)4)37(50)24-38(51)46(12)36(22-29(9)10)43(56)49-17-15-16-33(49)39(52)44-31/h23,25-29,31-37,50H,15-22,24H2,1-14H3,(H,44,52)(H,45,53)/t31-,32+,33+,34-,35-,36-,37+/m1/s1. The molecule has 0 aromatic carbocycles. The molecule has 0 aromatic heterocycles. The molecule has 2 heterocycles. The van der Waals surface area contributed by atoms with Gasteiger partial charge in [0, 0.05) is 39.3 Å². The van der Waals surface area contributed by atoms with Crippen molar-refractivity contribution in [3.8, 4) is 0 Å². The van der Waals surface area contributed by atoms with Gasteiger partial charge in [0.2, 0.25) is 35.4 Å². The fourth-order valence-corrected chi connectivity index (χ4v) is 8.00. The van der Waals surface area contributed by atoms with Crippen molar-refractivity contribution >= 4 is 35.4 Å². The molecular weight excluding hydrogens is 713 g/mol. The Kier molecular flexibility index (Phi) is 19.0. The van der Waals surface area contributed by atoms with Gasteiger partial charge in [0.05, 0.1) is 18.6 Å². The van der Waals surface area contributed by atoms with Gasteiger partial charge in [-0.1, -0.05) is 75.3 Å². The van der Waals surface area contributed by atoms with Crippen molar-refractivity contribution < 1.29 is 33.9 Å². The highest BCUT2D eigenvalue weighted by atomic mass is 16.3. The van der Waals surface area contributed by atoms with Crippen molar-refractivity contribution in [2.45, 2.75) is 170 Å². The molecule has 0 aromatic rings. The first-order valence-corrected chi connectivity index (χ1v) is 21.0. The number of carbonyl (C=O) groups is 6. The van der Waals surface area contributed by atoms with E-state index in [4.69, 9.17) is 0 Å². The van der Waals surface area contributed by atoms with Gasteiger partial charge in [-0.05, 0) is 81.5 Å². The molecule has 0 bridgehead atoms. The molecule has 0 spiro atoms. The van der Waals surface area contributed by atoms with E-state index in [9.17, 15) is 33.9 Å². The molecule has 13 nitrogen and oxygen atoms in total. The Morgan fingerprint density at radius 2 is 1.14 bits per heavy atom. The first-order chi connectivity index (χ1) is 26.0. The van der Waals surface area contributed by atoms with Gasteiger partial charge >= 0.3 is 0 Å². The molecular formula is C43H76N6O7. The predicted octanol–water partition coefficient (Wildman–Crippen LogP) is 4.37. The van der Waals surface area contributed by atoms with Gasteiger partial charge in [0.1, 0.15) is 24.2 Å². The lowest BCUT2D eigenvalue weighted by Gasteiger charge is -2.37. The third-order valence-corrected chi connectivity index (χ3v) is 11.0. The number of amides is 6. The fraction of sp³-hybridized carbons (Fsp3) is 0.814. The molecule has 0 saturated carbocycles. The van der Waals surface area contributed by atoms with E-state index in [-0.39, 0.29) is 59.6 Å². The lowest BCUT2D eigenvalue weighted by molar-refractivity contribution is -0.149. The molecule has 7 atom stereocenters. The monoisotopic (exact) mass is 789 g/mol. The number of likely N-dealkylation sites (N-methyl/N-ethyl adjacent to an activating group) is 3. The third-order valence-electron chi connectivity index (χ3n) is 11.0. The molecule has 13 heteroatoms. The summed E-state index contributed by atoms with van der Waals surface area (Å²) in [7, 11) is 4.75. The molecule has 1 fully saturated rings. The number of nitrogens with zero attached hydrogens (tertiary/aromatic N) is 4. The maximum Gasteiger partial charge on any atom is 0.249 e. The number of aliphatic hydroxyl groups is 1. The van der Waals surface area contributed by atoms with E-state index < -0.39 is 54.2 Å². The summed E-state index contributed by atoms with van der Waals surface area (Å²) in [6.45, 7) is 21.8. The highest BCUT2D eigenvalue weighted by Crippen LogP contribution is 2.25. The van der Waals surface area contributed by atoms with Crippen molar-refractivity contribution in [2.75, 3.05) is 27.7 Å². The maximum atomic E-state index is 14.5. The second-order valence-electron chi connectivity index (χ2n) is 18.6. The lowest BCUT2D eigenvalue weighted by atomic mass is 9.94. The van der Waals surface area contributed by atoms with E-state index in [2.05, 4.69) is 10.6 Å². The van der Waals surface area contributed by atoms with Crippen LogP contribution in [0, 0.1) is 29.6 Å². The van der Waals surface area contributed by atoms with Gasteiger partial charge in [0.25, 0.3) is 0 Å². The van der Waals surface area contributed by atoms with Crippen LogP contribution in [0.3, 0.4) is 0 Å². The first kappa shape index (κ1) is 48.7. The van der Waals surface area contributed by atoms with Crippen LogP contribution in [-0.2, 0) is 28.8 Å². The Labute approximate surface area is 337 Å². The molecule has 0 radical (unpaired) electrons. The van der Waals surface area contributed by atoms with Gasteiger partial charge < -0.3 is 35.3 Å². The van der Waals surface area contributed by atoms with Crippen molar-refractivity contribution in [1.82, 2.24) is 30.2 Å². The highest BCUT2D eigenvalue weighted by Gasteiger charge is 2.42. The number of aliphatic hydroxyl groups excluding tert-OH is 1. The summed E-state index contributed by atoms with van der Waals surface area (Å²) >= 11 is 0. The number of hydrogen-bond acceptors (Lipinski definition) is 7. The van der Waals surface area contributed by atoms with Crippen LogP contribution in [0.15, 0.2) is 11.6 Å². The molecule has 320 valence electrons. The smallest absolute Gasteiger partial charge is 0.249 e. The molecule has 0 unspecified atom stereocenters. The first-order valence-electron chi connectivity index (χ1n) is 21.0. The van der Waals surface area contributed by atoms with E-state index in [0.29, 0.717) is 57.1 Å². The average molecular weight is 789 g/mol. The van der Waals surface area contributed by atoms with E-state index in [0.717, 1.165) is 0 Å². The Bertz CT molecular complexity index is 1390. The Morgan fingerprint density at radius 3 is 1.66 bits per heavy atom. The fourth-order valence-electron chi connectivity index (χ4n) is 8.00. The summed E-state index contributed by atoms with van der Waals surface area (Å²) in [5, 5.41) is 17.7. The Balaban J connectivity index is 2.79. The second-order valence-corrected chi connectivity index (χ2v) is 18.6. The maximum absolute atomic E-state index is 14.5. The van der Waals surface area contributed by atoms with Crippen LogP contribution >= 0.6 is 0 Å². The van der Waals surface area contributed by atoms with Gasteiger partial charge in [-0.2, -0.15) is 0 Å². The molecule has 1 saturated heterocycles. The molecule has 0 aliphatic carbocycles. The minimum absolute atomic E-state index is 0.0232. The van der Waals surface area contributed by atoms with Crippen LogP contribution in [0.25, 0.3) is 0 Å². The van der Waals surface area contributed by atoms with Crippen molar-refractivity contribution in [3.63, 3.8) is 0 Å². The lowest BCUT2D eigenvalue weighted by Crippen LogP contribution is -2.58. The van der Waals surface area contributed by atoms with Gasteiger partial charge in [-0.3, -0.25) is 28.8 Å². The number of carbonyl (C=O) groups excluding carboxylic acids is 6. The topological polar surface area (TPSA) is 160 Å². The van der Waals surface area contributed by atoms with E-state index >= 15 is 0 Å². The van der Waals surface area contributed by atoms with Crippen LogP contribution < -0.4 is 10.6 Å². The second kappa shape index (κ2) is 21.9. The van der Waals surface area contributed by atoms with Crippen molar-refractivity contribution in [2.24, 2.45) is 29.6 Å². The zero-order valence-corrected chi connectivity index (χ0v) is 37.1. The normalized spacial score (nSPS) is 27.6. The van der Waals surface area contributed by atoms with Crippen LogP contribution in [-0.4, -0.2) is 130 Å². The van der Waals surface area contributed by atoms with Gasteiger partial charge in [-0.15, -0.1) is 0 Å². The Morgan fingerprint density at radius 1 is 0.643 bits per heavy atom. The quantitative estimate of drug-likeness (QED) is 0.297. The average Bonchev–Trinajstić information content (AvgIpc) is 3.59. The third kappa shape index (κ3) is 13.9. The number of rotatable bonds is 10. The summed E-state index contributed by atoms with van der Waals surface area (Å²) in [5.74, 6) is -1.96. The van der Waals surface area contributed by atoms with Crippen molar-refractivity contribution in [1.29, 1.82) is 0 Å². The predicted molar refractivity (Wildman–Crippen MR) is 220 cm³/mol. The Hall–Kier alpha value is -3.48. The van der Waals surface area contributed by atoms with Crippen LogP contribution in [0.5, 0.6) is 0 Å². The molecule has 2 aliphatic rings. The summed E-state index contributed by atoms with van der Waals surface area (Å²) in [5.41, 5.74) is 0.364. The van der Waals surface area contributed by atoms with Gasteiger partial charge in [0.15, 0.2) is 0 Å². The van der Waals surface area contributed by atoms with Crippen LogP contribution in [0.1, 0.15) is 128 Å². The van der Waals surface area contributed by atoms with E-state index in [1.54, 1.807) is 39.0 Å². The number of hydrogen-bond donors (Lipinski definition) is 3. The van der Waals surface area contributed by atoms with E-state index in [1.807, 2.05) is 69.2 Å². The molecule has 56 heavy (non-hydrogen) atoms. The number of nitrogens with one attached hydrogen (secondary N) is 2. The summed E-state index contributed by atoms with van der Waals surface area (Å²) in [6.07, 6.45) is 3.16. The molecule has 3 N–H and O–H groups in total. The largest absolute Gasteiger partial charge is 0.390 e. The molecule has 2 rings (SSSR count). The number of fused-ring (bicyclic) bond motifs is 1. The minimum atomic E-state index is -1.28. The van der Waals surface area contributed by atoms with Crippen LogP contribution in [0.2, 0.25) is 0 Å². The molecule has 6 amide bonds. The van der Waals surface area contributed by atoms with Crippen molar-refractivity contribution in [3.05, 3.63) is 11.6 Å². The zero-order chi connectivity index (χ0) is 42.8. The SMILES string of the molecule is CC1=C[C@@H](CC(C)C)NC(=O)[C@@H]2CCCN2C(=O)[C@@H](CC(C)C)N(C)C(=O)C[C@H](O)[C@H](CC(C)C)NC(=O)[C@@H](CC(C)C)N(C)C(=O)[C@@H](CC(C)C)N(C)C1=O.